The molecule has 4 unspecified atom stereocenters. The molecule has 1 aliphatic rings. The minimum atomic E-state index is -0.271. The number of amides is 1. The van der Waals surface area contributed by atoms with Crippen LogP contribution in [-0.4, -0.2) is 37.0 Å². The van der Waals surface area contributed by atoms with Gasteiger partial charge >= 0.3 is 0 Å². The lowest BCUT2D eigenvalue weighted by Crippen LogP contribution is -2.55. The zero-order chi connectivity index (χ0) is 17.7. The van der Waals surface area contributed by atoms with Gasteiger partial charge in [-0.25, -0.2) is 0 Å². The van der Waals surface area contributed by atoms with Crippen LogP contribution in [0.1, 0.15) is 51.1 Å². The molecule has 3 N–H and O–H groups in total. The third-order valence-corrected chi connectivity index (χ3v) is 5.74. The number of rotatable bonds is 6. The summed E-state index contributed by atoms with van der Waals surface area (Å²) in [5.41, 5.74) is 7.37. The Morgan fingerprint density at radius 2 is 1.92 bits per heavy atom. The quantitative estimate of drug-likeness (QED) is 0.759. The Labute approximate surface area is 171 Å². The van der Waals surface area contributed by atoms with Crippen LogP contribution in [-0.2, 0) is 4.79 Å². The highest BCUT2D eigenvalue weighted by Crippen LogP contribution is 2.35. The monoisotopic (exact) mass is 403 g/mol. The summed E-state index contributed by atoms with van der Waals surface area (Å²) in [7, 11) is 4.26. The SMILES string of the molecule is CC1CCCC(CNC(=O)C(C)C(N)c2ccccc2)(N(C)C)C1.Cl.Cl. The molecule has 0 radical (unpaired) electrons. The second kappa shape index (κ2) is 11.1. The molecule has 0 aliphatic heterocycles. The molecular formula is C20H35Cl2N3O. The van der Waals surface area contributed by atoms with Crippen molar-refractivity contribution in [1.29, 1.82) is 0 Å². The van der Waals surface area contributed by atoms with Gasteiger partial charge in [0.1, 0.15) is 0 Å². The van der Waals surface area contributed by atoms with Crippen LogP contribution in [0, 0.1) is 11.8 Å². The number of carbonyl (C=O) groups is 1. The van der Waals surface area contributed by atoms with Gasteiger partial charge in [-0.1, -0.05) is 57.0 Å². The fourth-order valence-corrected chi connectivity index (χ4v) is 3.90. The van der Waals surface area contributed by atoms with E-state index in [0.29, 0.717) is 12.5 Å². The Hall–Kier alpha value is -0.810. The molecule has 0 bridgehead atoms. The summed E-state index contributed by atoms with van der Waals surface area (Å²) in [5.74, 6) is 0.514. The molecule has 150 valence electrons. The summed E-state index contributed by atoms with van der Waals surface area (Å²) < 4.78 is 0. The third-order valence-electron chi connectivity index (χ3n) is 5.74. The Morgan fingerprint density at radius 1 is 1.31 bits per heavy atom. The molecule has 1 aromatic carbocycles. The Kier molecular flexibility index (Phi) is 10.8. The normalized spacial score (nSPS) is 24.8. The topological polar surface area (TPSA) is 58.4 Å². The molecule has 0 spiro atoms. The van der Waals surface area contributed by atoms with E-state index in [0.717, 1.165) is 18.4 Å². The van der Waals surface area contributed by atoms with Gasteiger partial charge in [0.2, 0.25) is 5.91 Å². The largest absolute Gasteiger partial charge is 0.354 e. The van der Waals surface area contributed by atoms with Gasteiger partial charge in [-0.15, -0.1) is 24.8 Å². The van der Waals surface area contributed by atoms with Gasteiger partial charge in [-0.2, -0.15) is 0 Å². The van der Waals surface area contributed by atoms with E-state index >= 15 is 0 Å². The van der Waals surface area contributed by atoms with Crippen LogP contribution in [0.4, 0.5) is 0 Å². The van der Waals surface area contributed by atoms with Gasteiger partial charge in [-0.05, 0) is 38.4 Å². The molecule has 1 aromatic rings. The van der Waals surface area contributed by atoms with Gasteiger partial charge in [0.25, 0.3) is 0 Å². The second-order valence-corrected chi connectivity index (χ2v) is 7.76. The van der Waals surface area contributed by atoms with E-state index in [2.05, 4.69) is 31.2 Å². The summed E-state index contributed by atoms with van der Waals surface area (Å²) >= 11 is 0. The lowest BCUT2D eigenvalue weighted by Gasteiger charge is -2.45. The molecule has 4 nitrogen and oxygen atoms in total. The number of nitrogens with one attached hydrogen (secondary N) is 1. The number of hydrogen-bond acceptors (Lipinski definition) is 3. The molecule has 26 heavy (non-hydrogen) atoms. The van der Waals surface area contributed by atoms with Crippen molar-refractivity contribution in [1.82, 2.24) is 10.2 Å². The highest BCUT2D eigenvalue weighted by Gasteiger charge is 2.37. The number of nitrogens with two attached hydrogens (primary N) is 1. The summed E-state index contributed by atoms with van der Waals surface area (Å²) in [5, 5.41) is 3.18. The summed E-state index contributed by atoms with van der Waals surface area (Å²) in [6, 6.07) is 9.59. The molecule has 0 aromatic heterocycles. The minimum absolute atomic E-state index is 0. The Balaban J connectivity index is 0.00000312. The van der Waals surface area contributed by atoms with Crippen molar-refractivity contribution in [2.24, 2.45) is 17.6 Å². The van der Waals surface area contributed by atoms with Crippen molar-refractivity contribution in [3.8, 4) is 0 Å². The van der Waals surface area contributed by atoms with Crippen molar-refractivity contribution >= 4 is 30.7 Å². The molecular weight excluding hydrogens is 369 g/mol. The Bertz CT molecular complexity index is 541. The van der Waals surface area contributed by atoms with Crippen LogP contribution in [0.25, 0.3) is 0 Å². The van der Waals surface area contributed by atoms with Gasteiger partial charge in [0, 0.05) is 18.1 Å². The number of likely N-dealkylation sites (N-methyl/N-ethyl adjacent to an activating group) is 1. The smallest absolute Gasteiger partial charge is 0.224 e. The van der Waals surface area contributed by atoms with Crippen LogP contribution >= 0.6 is 24.8 Å². The first kappa shape index (κ1) is 25.2. The standard InChI is InChI=1S/C20H33N3O.2ClH/c1-15-9-8-12-20(13-15,23(3)4)14-22-19(24)16(2)18(21)17-10-6-5-7-11-17;;/h5-7,10-11,15-16,18H,8-9,12-14,21H2,1-4H3,(H,22,24);2*1H. The summed E-state index contributed by atoms with van der Waals surface area (Å²) in [6.45, 7) is 4.93. The molecule has 6 heteroatoms. The number of benzene rings is 1. The molecule has 0 heterocycles. The van der Waals surface area contributed by atoms with Crippen LogP contribution < -0.4 is 11.1 Å². The van der Waals surface area contributed by atoms with Crippen molar-refractivity contribution in [2.45, 2.75) is 51.1 Å². The maximum atomic E-state index is 12.6. The molecule has 1 fully saturated rings. The van der Waals surface area contributed by atoms with Crippen molar-refractivity contribution in [3.05, 3.63) is 35.9 Å². The number of hydrogen-bond donors (Lipinski definition) is 2. The van der Waals surface area contributed by atoms with Gasteiger partial charge in [0.05, 0.1) is 5.92 Å². The van der Waals surface area contributed by atoms with E-state index in [1.165, 1.54) is 12.8 Å². The number of nitrogens with zero attached hydrogens (tertiary/aromatic N) is 1. The van der Waals surface area contributed by atoms with Crippen LogP contribution in [0.5, 0.6) is 0 Å². The average Bonchev–Trinajstić information content (AvgIpc) is 2.59. The van der Waals surface area contributed by atoms with Crippen molar-refractivity contribution in [2.75, 3.05) is 20.6 Å². The van der Waals surface area contributed by atoms with Crippen molar-refractivity contribution in [3.63, 3.8) is 0 Å². The lowest BCUT2D eigenvalue weighted by molar-refractivity contribution is -0.126. The molecule has 1 amide bonds. The van der Waals surface area contributed by atoms with Crippen LogP contribution in [0.2, 0.25) is 0 Å². The fraction of sp³-hybridized carbons (Fsp3) is 0.650. The third kappa shape index (κ3) is 6.12. The summed E-state index contributed by atoms with van der Waals surface area (Å²) in [4.78, 5) is 14.9. The Morgan fingerprint density at radius 3 is 2.46 bits per heavy atom. The summed E-state index contributed by atoms with van der Waals surface area (Å²) in [6.07, 6.45) is 4.80. The van der Waals surface area contributed by atoms with Crippen LogP contribution in [0.15, 0.2) is 30.3 Å². The van der Waals surface area contributed by atoms with E-state index in [9.17, 15) is 4.79 Å². The maximum Gasteiger partial charge on any atom is 0.224 e. The number of halogens is 2. The second-order valence-electron chi connectivity index (χ2n) is 7.76. The average molecular weight is 404 g/mol. The lowest BCUT2D eigenvalue weighted by atomic mass is 9.75. The molecule has 0 saturated heterocycles. The molecule has 4 atom stereocenters. The maximum absolute atomic E-state index is 12.6. The van der Waals surface area contributed by atoms with Crippen LogP contribution in [0.3, 0.4) is 0 Å². The van der Waals surface area contributed by atoms with E-state index in [1.807, 2.05) is 37.3 Å². The first-order chi connectivity index (χ1) is 11.4. The molecule has 1 saturated carbocycles. The number of carbonyl (C=O) groups excluding carboxylic acids is 1. The van der Waals surface area contributed by atoms with Gasteiger partial charge < -0.3 is 16.0 Å². The first-order valence-electron chi connectivity index (χ1n) is 9.11. The van der Waals surface area contributed by atoms with Gasteiger partial charge in [0.15, 0.2) is 0 Å². The minimum Gasteiger partial charge on any atom is -0.354 e. The highest BCUT2D eigenvalue weighted by molar-refractivity contribution is 5.85. The zero-order valence-corrected chi connectivity index (χ0v) is 18.0. The van der Waals surface area contributed by atoms with E-state index in [4.69, 9.17) is 5.73 Å². The predicted octanol–water partition coefficient (Wildman–Crippen LogP) is 3.79. The molecule has 1 aliphatic carbocycles. The van der Waals surface area contributed by atoms with E-state index in [-0.39, 0.29) is 48.2 Å². The first-order valence-corrected chi connectivity index (χ1v) is 9.11. The van der Waals surface area contributed by atoms with Gasteiger partial charge in [-0.3, -0.25) is 4.79 Å². The van der Waals surface area contributed by atoms with E-state index < -0.39 is 0 Å². The fourth-order valence-electron chi connectivity index (χ4n) is 3.90. The molecule has 2 rings (SSSR count). The van der Waals surface area contributed by atoms with E-state index in [1.54, 1.807) is 0 Å². The highest BCUT2D eigenvalue weighted by atomic mass is 35.5. The predicted molar refractivity (Wildman–Crippen MR) is 114 cm³/mol. The van der Waals surface area contributed by atoms with Crippen molar-refractivity contribution < 1.29 is 4.79 Å². The zero-order valence-electron chi connectivity index (χ0n) is 16.4.